The van der Waals surface area contributed by atoms with Crippen molar-refractivity contribution >= 4 is 38.8 Å². The molecule has 5 heteroatoms. The molecule has 0 bridgehead atoms. The van der Waals surface area contributed by atoms with Gasteiger partial charge in [0.1, 0.15) is 0 Å². The summed E-state index contributed by atoms with van der Waals surface area (Å²) < 4.78 is 1.07. The summed E-state index contributed by atoms with van der Waals surface area (Å²) in [6.07, 6.45) is 0. The van der Waals surface area contributed by atoms with Crippen LogP contribution in [-0.4, -0.2) is 25.0 Å². The first-order valence-electron chi connectivity index (χ1n) is 6.55. The maximum atomic E-state index is 12.2. The van der Waals surface area contributed by atoms with Crippen molar-refractivity contribution < 1.29 is 4.79 Å². The molecule has 3 rings (SSSR count). The molecule has 0 saturated carbocycles. The van der Waals surface area contributed by atoms with Crippen LogP contribution in [0.25, 0.3) is 10.2 Å². The molecule has 0 atom stereocenters. The van der Waals surface area contributed by atoms with Crippen LogP contribution in [-0.2, 0) is 0 Å². The number of hydrogen-bond acceptors (Lipinski definition) is 4. The quantitative estimate of drug-likeness (QED) is 0.803. The lowest BCUT2D eigenvalue weighted by atomic mass is 10.2. The molecule has 1 heterocycles. The lowest BCUT2D eigenvalue weighted by Crippen LogP contribution is -2.13. The smallest absolute Gasteiger partial charge is 0.255 e. The minimum absolute atomic E-state index is 0.107. The topological polar surface area (TPSA) is 45.2 Å². The summed E-state index contributed by atoms with van der Waals surface area (Å²) in [5.41, 5.74) is 5.25. The van der Waals surface area contributed by atoms with E-state index in [9.17, 15) is 4.79 Å². The van der Waals surface area contributed by atoms with Gasteiger partial charge < -0.3 is 10.2 Å². The van der Waals surface area contributed by atoms with Gasteiger partial charge in [-0.2, -0.15) is 0 Å². The highest BCUT2D eigenvalue weighted by molar-refractivity contribution is 7.16. The number of thiazole rings is 1. The predicted octanol–water partition coefficient (Wildman–Crippen LogP) is 3.61. The molecule has 1 amide bonds. The molecule has 0 unspecified atom stereocenters. The zero-order chi connectivity index (χ0) is 14.8. The molecule has 0 aliphatic rings. The number of nitrogens with zero attached hydrogens (tertiary/aromatic N) is 2. The van der Waals surface area contributed by atoms with Crippen LogP contribution >= 0.6 is 11.3 Å². The Morgan fingerprint density at radius 3 is 2.62 bits per heavy atom. The van der Waals surface area contributed by atoms with E-state index in [0.717, 1.165) is 21.6 Å². The Labute approximate surface area is 127 Å². The Morgan fingerprint density at radius 2 is 1.90 bits per heavy atom. The molecular formula is C16H15N3OS. The molecule has 1 N–H and O–H groups in total. The third kappa shape index (κ3) is 2.87. The molecule has 0 aliphatic carbocycles. The second kappa shape index (κ2) is 5.54. The van der Waals surface area contributed by atoms with Gasteiger partial charge in [0.05, 0.1) is 15.7 Å². The predicted molar refractivity (Wildman–Crippen MR) is 88.3 cm³/mol. The molecule has 0 radical (unpaired) electrons. The standard InChI is InChI=1S/C16H15N3OS/c1-19(2)13-6-3-11(4-7-13)16(20)18-12-5-8-14-15(9-12)21-10-17-14/h3-10H,1-2H3,(H,18,20). The summed E-state index contributed by atoms with van der Waals surface area (Å²) in [6, 6.07) is 13.2. The van der Waals surface area contributed by atoms with Gasteiger partial charge in [0.15, 0.2) is 0 Å². The average molecular weight is 297 g/mol. The van der Waals surface area contributed by atoms with Crippen LogP contribution in [0.5, 0.6) is 0 Å². The Morgan fingerprint density at radius 1 is 1.14 bits per heavy atom. The summed E-state index contributed by atoms with van der Waals surface area (Å²) in [5, 5.41) is 2.92. The molecule has 0 saturated heterocycles. The van der Waals surface area contributed by atoms with E-state index >= 15 is 0 Å². The molecular weight excluding hydrogens is 282 g/mol. The molecule has 4 nitrogen and oxygen atoms in total. The summed E-state index contributed by atoms with van der Waals surface area (Å²) in [4.78, 5) is 18.5. The largest absolute Gasteiger partial charge is 0.378 e. The molecule has 106 valence electrons. The van der Waals surface area contributed by atoms with E-state index in [1.807, 2.05) is 61.5 Å². The van der Waals surface area contributed by atoms with Gasteiger partial charge in [-0.3, -0.25) is 4.79 Å². The monoisotopic (exact) mass is 297 g/mol. The number of hydrogen-bond donors (Lipinski definition) is 1. The highest BCUT2D eigenvalue weighted by Crippen LogP contribution is 2.22. The Balaban J connectivity index is 1.78. The molecule has 0 aliphatic heterocycles. The van der Waals surface area contributed by atoms with Crippen molar-refractivity contribution in [2.24, 2.45) is 0 Å². The second-order valence-corrected chi connectivity index (χ2v) is 5.82. The Bertz CT molecular complexity index is 778. The second-order valence-electron chi connectivity index (χ2n) is 4.93. The number of carbonyl (C=O) groups is 1. The van der Waals surface area contributed by atoms with E-state index in [1.54, 1.807) is 16.8 Å². The van der Waals surface area contributed by atoms with Gasteiger partial charge in [0.25, 0.3) is 5.91 Å². The van der Waals surface area contributed by atoms with E-state index < -0.39 is 0 Å². The fraction of sp³-hybridized carbons (Fsp3) is 0.125. The van der Waals surface area contributed by atoms with Gasteiger partial charge in [-0.05, 0) is 42.5 Å². The molecule has 0 fully saturated rings. The summed E-state index contributed by atoms with van der Waals surface area (Å²) in [6.45, 7) is 0. The van der Waals surface area contributed by atoms with Crippen molar-refractivity contribution in [3.63, 3.8) is 0 Å². The van der Waals surface area contributed by atoms with Crippen LogP contribution in [0.4, 0.5) is 11.4 Å². The van der Waals surface area contributed by atoms with E-state index in [4.69, 9.17) is 0 Å². The van der Waals surface area contributed by atoms with Gasteiger partial charge in [-0.15, -0.1) is 11.3 Å². The van der Waals surface area contributed by atoms with E-state index in [1.165, 1.54) is 0 Å². The number of anilines is 2. The normalized spacial score (nSPS) is 10.6. The van der Waals surface area contributed by atoms with Crippen molar-refractivity contribution in [2.75, 3.05) is 24.3 Å². The van der Waals surface area contributed by atoms with Crippen LogP contribution in [0, 0.1) is 0 Å². The van der Waals surface area contributed by atoms with Gasteiger partial charge in [0, 0.05) is 31.0 Å². The van der Waals surface area contributed by atoms with Crippen LogP contribution < -0.4 is 10.2 Å². The fourth-order valence-electron chi connectivity index (χ4n) is 2.05. The van der Waals surface area contributed by atoms with Crippen molar-refractivity contribution in [3.05, 3.63) is 53.5 Å². The van der Waals surface area contributed by atoms with Gasteiger partial charge in [-0.1, -0.05) is 0 Å². The van der Waals surface area contributed by atoms with Crippen LogP contribution in [0.15, 0.2) is 48.0 Å². The lowest BCUT2D eigenvalue weighted by Gasteiger charge is -2.12. The molecule has 2 aromatic carbocycles. The zero-order valence-corrected chi connectivity index (χ0v) is 12.6. The third-order valence-corrected chi connectivity index (χ3v) is 4.03. The van der Waals surface area contributed by atoms with Gasteiger partial charge >= 0.3 is 0 Å². The summed E-state index contributed by atoms with van der Waals surface area (Å²) >= 11 is 1.56. The molecule has 21 heavy (non-hydrogen) atoms. The van der Waals surface area contributed by atoms with Crippen LogP contribution in [0.3, 0.4) is 0 Å². The number of amides is 1. The maximum absolute atomic E-state index is 12.2. The first-order valence-corrected chi connectivity index (χ1v) is 7.43. The zero-order valence-electron chi connectivity index (χ0n) is 11.8. The van der Waals surface area contributed by atoms with Crippen LogP contribution in [0.2, 0.25) is 0 Å². The number of aromatic nitrogens is 1. The van der Waals surface area contributed by atoms with Gasteiger partial charge in [0.2, 0.25) is 0 Å². The number of nitrogens with one attached hydrogen (secondary N) is 1. The van der Waals surface area contributed by atoms with E-state index in [0.29, 0.717) is 5.56 Å². The Hall–Kier alpha value is -2.40. The van der Waals surface area contributed by atoms with E-state index in [-0.39, 0.29) is 5.91 Å². The number of benzene rings is 2. The number of carbonyl (C=O) groups excluding carboxylic acids is 1. The highest BCUT2D eigenvalue weighted by Gasteiger charge is 2.07. The van der Waals surface area contributed by atoms with Crippen molar-refractivity contribution in [1.29, 1.82) is 0 Å². The first-order chi connectivity index (χ1) is 10.1. The summed E-state index contributed by atoms with van der Waals surface area (Å²) in [7, 11) is 3.94. The van der Waals surface area contributed by atoms with Crippen molar-refractivity contribution in [3.8, 4) is 0 Å². The Kier molecular flexibility index (Phi) is 3.58. The maximum Gasteiger partial charge on any atom is 0.255 e. The number of rotatable bonds is 3. The minimum atomic E-state index is -0.107. The molecule has 0 spiro atoms. The number of fused-ring (bicyclic) bond motifs is 1. The average Bonchev–Trinajstić information content (AvgIpc) is 2.95. The molecule has 3 aromatic rings. The van der Waals surface area contributed by atoms with Gasteiger partial charge in [-0.25, -0.2) is 4.98 Å². The first kappa shape index (κ1) is 13.6. The minimum Gasteiger partial charge on any atom is -0.378 e. The highest BCUT2D eigenvalue weighted by atomic mass is 32.1. The fourth-order valence-corrected chi connectivity index (χ4v) is 2.76. The van der Waals surface area contributed by atoms with E-state index in [2.05, 4.69) is 10.3 Å². The molecule has 1 aromatic heterocycles. The third-order valence-electron chi connectivity index (χ3n) is 3.24. The van der Waals surface area contributed by atoms with Crippen LogP contribution in [0.1, 0.15) is 10.4 Å². The van der Waals surface area contributed by atoms with Crippen molar-refractivity contribution in [2.45, 2.75) is 0 Å². The van der Waals surface area contributed by atoms with Crippen molar-refractivity contribution in [1.82, 2.24) is 4.98 Å². The SMILES string of the molecule is CN(C)c1ccc(C(=O)Nc2ccc3ncsc3c2)cc1. The lowest BCUT2D eigenvalue weighted by molar-refractivity contribution is 0.102. The summed E-state index contributed by atoms with van der Waals surface area (Å²) in [5.74, 6) is -0.107.